The van der Waals surface area contributed by atoms with Crippen molar-refractivity contribution in [2.45, 2.75) is 6.92 Å². The number of hydrogen-bond acceptors (Lipinski definition) is 4. The molecule has 0 aliphatic rings. The third-order valence-electron chi connectivity index (χ3n) is 2.85. The Hall–Kier alpha value is -2.27. The van der Waals surface area contributed by atoms with Crippen molar-refractivity contribution < 1.29 is 4.79 Å². The van der Waals surface area contributed by atoms with Gasteiger partial charge in [-0.25, -0.2) is 0 Å². The molecule has 0 saturated carbocycles. The van der Waals surface area contributed by atoms with Crippen molar-refractivity contribution in [2.75, 3.05) is 5.32 Å². The molecule has 0 spiro atoms. The minimum atomic E-state index is -0.138. The van der Waals surface area contributed by atoms with Crippen LogP contribution in [-0.2, 0) is 0 Å². The van der Waals surface area contributed by atoms with E-state index >= 15 is 0 Å². The number of benzene rings is 2. The van der Waals surface area contributed by atoms with Crippen LogP contribution in [0.2, 0.25) is 0 Å². The fourth-order valence-electron chi connectivity index (χ4n) is 1.81. The lowest BCUT2D eigenvalue weighted by atomic mass is 10.1. The summed E-state index contributed by atoms with van der Waals surface area (Å²) in [4.78, 5) is 12.1. The number of nitrogens with zero attached hydrogens (tertiary/aromatic N) is 2. The maximum absolute atomic E-state index is 12.1. The molecule has 4 nitrogen and oxygen atoms in total. The average Bonchev–Trinajstić information content (AvgIpc) is 2.89. The van der Waals surface area contributed by atoms with Crippen LogP contribution in [0.1, 0.15) is 15.9 Å². The normalized spacial score (nSPS) is 10.6. The molecule has 0 radical (unpaired) electrons. The van der Waals surface area contributed by atoms with Gasteiger partial charge in [0, 0.05) is 5.56 Å². The van der Waals surface area contributed by atoms with E-state index in [4.69, 9.17) is 0 Å². The van der Waals surface area contributed by atoms with Gasteiger partial charge in [-0.2, -0.15) is 8.75 Å². The van der Waals surface area contributed by atoms with Gasteiger partial charge in [-0.05, 0) is 31.2 Å². The number of aryl methyl sites for hydroxylation is 1. The summed E-state index contributed by atoms with van der Waals surface area (Å²) in [6.45, 7) is 1.99. The molecule has 0 fully saturated rings. The summed E-state index contributed by atoms with van der Waals surface area (Å²) in [7, 11) is 0. The minimum Gasteiger partial charge on any atom is -0.320 e. The van der Waals surface area contributed by atoms with E-state index in [-0.39, 0.29) is 5.91 Å². The van der Waals surface area contributed by atoms with Gasteiger partial charge in [0.2, 0.25) is 0 Å². The molecule has 0 aliphatic heterocycles. The Balaban J connectivity index is 1.90. The predicted octanol–water partition coefficient (Wildman–Crippen LogP) is 3.25. The van der Waals surface area contributed by atoms with Gasteiger partial charge in [-0.3, -0.25) is 4.79 Å². The minimum absolute atomic E-state index is 0.138. The van der Waals surface area contributed by atoms with Crippen LogP contribution in [-0.4, -0.2) is 14.7 Å². The highest BCUT2D eigenvalue weighted by molar-refractivity contribution is 7.00. The molecule has 0 saturated heterocycles. The van der Waals surface area contributed by atoms with Gasteiger partial charge in [0.05, 0.1) is 17.4 Å². The van der Waals surface area contributed by atoms with Crippen LogP contribution in [0.5, 0.6) is 0 Å². The monoisotopic (exact) mass is 269 g/mol. The van der Waals surface area contributed by atoms with Gasteiger partial charge in [0.25, 0.3) is 5.91 Å². The zero-order chi connectivity index (χ0) is 13.2. The van der Waals surface area contributed by atoms with Crippen molar-refractivity contribution in [3.8, 4) is 0 Å². The number of nitrogens with one attached hydrogen (secondary N) is 1. The number of fused-ring (bicyclic) bond motifs is 1. The average molecular weight is 269 g/mol. The van der Waals surface area contributed by atoms with E-state index in [9.17, 15) is 4.79 Å². The Labute approximate surface area is 114 Å². The number of anilines is 1. The highest BCUT2D eigenvalue weighted by Crippen LogP contribution is 2.21. The summed E-state index contributed by atoms with van der Waals surface area (Å²) >= 11 is 1.14. The molecule has 3 rings (SSSR count). The third kappa shape index (κ3) is 2.32. The zero-order valence-corrected chi connectivity index (χ0v) is 11.1. The van der Waals surface area contributed by atoms with Crippen LogP contribution >= 0.6 is 11.7 Å². The van der Waals surface area contributed by atoms with E-state index in [2.05, 4.69) is 14.1 Å². The number of carbonyl (C=O) groups is 1. The molecule has 0 atom stereocenters. The Morgan fingerprint density at radius 1 is 1.11 bits per heavy atom. The molecule has 0 unspecified atom stereocenters. The smallest absolute Gasteiger partial charge is 0.255 e. The molecule has 1 aromatic heterocycles. The van der Waals surface area contributed by atoms with Crippen molar-refractivity contribution in [2.24, 2.45) is 0 Å². The zero-order valence-electron chi connectivity index (χ0n) is 10.3. The van der Waals surface area contributed by atoms with Gasteiger partial charge in [0.15, 0.2) is 0 Å². The lowest BCUT2D eigenvalue weighted by Crippen LogP contribution is -2.12. The van der Waals surface area contributed by atoms with E-state index in [0.717, 1.165) is 28.3 Å². The second-order valence-corrected chi connectivity index (χ2v) is 4.79. The predicted molar refractivity (Wildman–Crippen MR) is 76.5 cm³/mol. The summed E-state index contributed by atoms with van der Waals surface area (Å²) in [5, 5.41) is 2.87. The van der Waals surface area contributed by atoms with Gasteiger partial charge >= 0.3 is 0 Å². The quantitative estimate of drug-likeness (QED) is 0.777. The number of aromatic nitrogens is 2. The van der Waals surface area contributed by atoms with E-state index in [0.29, 0.717) is 11.3 Å². The second kappa shape index (κ2) is 4.78. The van der Waals surface area contributed by atoms with Crippen LogP contribution in [0, 0.1) is 6.92 Å². The highest BCUT2D eigenvalue weighted by atomic mass is 32.1. The summed E-state index contributed by atoms with van der Waals surface area (Å²) in [5.41, 5.74) is 3.98. The molecule has 19 heavy (non-hydrogen) atoms. The van der Waals surface area contributed by atoms with E-state index < -0.39 is 0 Å². The number of hydrogen-bond donors (Lipinski definition) is 1. The maximum Gasteiger partial charge on any atom is 0.255 e. The number of rotatable bonds is 2. The molecule has 5 heteroatoms. The number of amides is 1. The van der Waals surface area contributed by atoms with Gasteiger partial charge in [-0.1, -0.05) is 23.8 Å². The van der Waals surface area contributed by atoms with Crippen molar-refractivity contribution in [3.63, 3.8) is 0 Å². The van der Waals surface area contributed by atoms with Crippen molar-refractivity contribution in [3.05, 3.63) is 53.6 Å². The molecule has 2 aromatic carbocycles. The molecule has 1 amide bonds. The second-order valence-electron chi connectivity index (χ2n) is 4.26. The summed E-state index contributed by atoms with van der Waals surface area (Å²) in [6, 6.07) is 13.0. The Morgan fingerprint density at radius 3 is 2.68 bits per heavy atom. The van der Waals surface area contributed by atoms with Crippen LogP contribution in [0.15, 0.2) is 42.5 Å². The maximum atomic E-state index is 12.1. The van der Waals surface area contributed by atoms with Crippen LogP contribution in [0.4, 0.5) is 5.69 Å². The SMILES string of the molecule is Cc1ccc(C(=O)Nc2cccc3nsnc23)cc1. The lowest BCUT2D eigenvalue weighted by molar-refractivity contribution is 0.102. The molecule has 1 heterocycles. The number of carbonyl (C=O) groups excluding carboxylic acids is 1. The molecular weight excluding hydrogens is 258 g/mol. The highest BCUT2D eigenvalue weighted by Gasteiger charge is 2.09. The lowest BCUT2D eigenvalue weighted by Gasteiger charge is -2.05. The van der Waals surface area contributed by atoms with Crippen molar-refractivity contribution in [1.82, 2.24) is 8.75 Å². The molecule has 0 bridgehead atoms. The Kier molecular flexibility index (Phi) is 2.97. The van der Waals surface area contributed by atoms with Crippen LogP contribution in [0.25, 0.3) is 11.0 Å². The first-order valence-corrected chi connectivity index (χ1v) is 6.56. The fourth-order valence-corrected chi connectivity index (χ4v) is 2.36. The Morgan fingerprint density at radius 2 is 1.89 bits per heavy atom. The molecular formula is C14H11N3OS. The van der Waals surface area contributed by atoms with Gasteiger partial charge in [0.1, 0.15) is 11.0 Å². The standard InChI is InChI=1S/C14H11N3OS/c1-9-5-7-10(8-6-9)14(18)15-11-3-2-4-12-13(11)17-19-16-12/h2-8H,1H3,(H,15,18). The topological polar surface area (TPSA) is 54.9 Å². The van der Waals surface area contributed by atoms with E-state index in [1.807, 2.05) is 49.4 Å². The van der Waals surface area contributed by atoms with Crippen LogP contribution < -0.4 is 5.32 Å². The molecule has 0 aliphatic carbocycles. The Bertz CT molecular complexity index is 734. The summed E-state index contributed by atoms with van der Waals surface area (Å²) in [6.07, 6.45) is 0. The first kappa shape index (κ1) is 11.8. The molecule has 94 valence electrons. The molecule has 3 aromatic rings. The van der Waals surface area contributed by atoms with E-state index in [1.165, 1.54) is 0 Å². The van der Waals surface area contributed by atoms with Crippen molar-refractivity contribution in [1.29, 1.82) is 0 Å². The summed E-state index contributed by atoms with van der Waals surface area (Å²) in [5.74, 6) is -0.138. The largest absolute Gasteiger partial charge is 0.320 e. The molecule has 1 N–H and O–H groups in total. The van der Waals surface area contributed by atoms with Gasteiger partial charge in [-0.15, -0.1) is 0 Å². The first-order valence-electron chi connectivity index (χ1n) is 5.83. The van der Waals surface area contributed by atoms with Gasteiger partial charge < -0.3 is 5.32 Å². The fraction of sp³-hybridized carbons (Fsp3) is 0.0714. The first-order chi connectivity index (χ1) is 9.24. The van der Waals surface area contributed by atoms with E-state index in [1.54, 1.807) is 0 Å². The third-order valence-corrected chi connectivity index (χ3v) is 3.39. The summed E-state index contributed by atoms with van der Waals surface area (Å²) < 4.78 is 8.35. The van der Waals surface area contributed by atoms with Crippen molar-refractivity contribution >= 4 is 34.4 Å². The van der Waals surface area contributed by atoms with Crippen LogP contribution in [0.3, 0.4) is 0 Å².